The van der Waals surface area contributed by atoms with Crippen LogP contribution in [0.2, 0.25) is 0 Å². The molecule has 1 aliphatic carbocycles. The number of nitrogens with zero attached hydrogens (tertiary/aromatic N) is 2. The molecule has 1 saturated carbocycles. The van der Waals surface area contributed by atoms with E-state index in [9.17, 15) is 22.8 Å². The molecular formula is C25H28F3N5O4. The van der Waals surface area contributed by atoms with Crippen LogP contribution >= 0.6 is 0 Å². The van der Waals surface area contributed by atoms with Crippen LogP contribution in [-0.4, -0.2) is 41.5 Å². The Hall–Kier alpha value is -3.67. The lowest BCUT2D eigenvalue weighted by atomic mass is 9.95. The largest absolute Gasteiger partial charge is 0.494 e. The zero-order valence-corrected chi connectivity index (χ0v) is 20.4. The molecule has 0 spiro atoms. The first-order valence-electron chi connectivity index (χ1n) is 12.0. The van der Waals surface area contributed by atoms with Crippen molar-refractivity contribution in [1.82, 2.24) is 20.6 Å². The molecule has 3 aromatic rings. The summed E-state index contributed by atoms with van der Waals surface area (Å²) >= 11 is 0. The zero-order valence-electron chi connectivity index (χ0n) is 20.4. The van der Waals surface area contributed by atoms with Gasteiger partial charge in [0.1, 0.15) is 17.0 Å². The first kappa shape index (κ1) is 26.4. The maximum absolute atomic E-state index is 13.2. The Morgan fingerprint density at radius 3 is 2.54 bits per heavy atom. The second-order valence-electron chi connectivity index (χ2n) is 9.01. The fourth-order valence-electron chi connectivity index (χ4n) is 4.39. The van der Waals surface area contributed by atoms with Gasteiger partial charge in [0.15, 0.2) is 11.5 Å². The topological polar surface area (TPSA) is 132 Å². The van der Waals surface area contributed by atoms with Crippen LogP contribution in [0, 0.1) is 0 Å². The lowest BCUT2D eigenvalue weighted by Crippen LogP contribution is -2.42. The highest BCUT2D eigenvalue weighted by molar-refractivity contribution is 5.99. The van der Waals surface area contributed by atoms with E-state index in [0.29, 0.717) is 5.56 Å². The summed E-state index contributed by atoms with van der Waals surface area (Å²) in [6.07, 6.45) is 0.454. The minimum absolute atomic E-state index is 0.0293. The highest BCUT2D eigenvalue weighted by atomic mass is 19.4. The third-order valence-electron chi connectivity index (χ3n) is 6.22. The maximum Gasteiger partial charge on any atom is 0.433 e. The SMILES string of the molecule is COc1ccc(-c2nc(C(=O)NCC(=O)NC3CCCCC3)c([C@H](C)N)o2)c2ccc(C(F)(F)F)nc12. The summed E-state index contributed by atoms with van der Waals surface area (Å²) in [4.78, 5) is 33.2. The Morgan fingerprint density at radius 2 is 1.89 bits per heavy atom. The molecule has 12 heteroatoms. The van der Waals surface area contributed by atoms with Crippen molar-refractivity contribution < 1.29 is 31.9 Å². The van der Waals surface area contributed by atoms with Crippen LogP contribution in [0.3, 0.4) is 0 Å². The van der Waals surface area contributed by atoms with Gasteiger partial charge in [-0.1, -0.05) is 19.3 Å². The Morgan fingerprint density at radius 1 is 1.16 bits per heavy atom. The minimum atomic E-state index is -4.64. The number of halogens is 3. The molecular weight excluding hydrogens is 491 g/mol. The van der Waals surface area contributed by atoms with Gasteiger partial charge in [0.25, 0.3) is 5.91 Å². The molecule has 198 valence electrons. The first-order valence-corrected chi connectivity index (χ1v) is 12.0. The van der Waals surface area contributed by atoms with E-state index in [1.807, 2.05) is 0 Å². The van der Waals surface area contributed by atoms with Gasteiger partial charge in [-0.3, -0.25) is 9.59 Å². The minimum Gasteiger partial charge on any atom is -0.494 e. The van der Waals surface area contributed by atoms with Crippen LogP contribution in [0.1, 0.15) is 67.0 Å². The van der Waals surface area contributed by atoms with Crippen LogP contribution in [-0.2, 0) is 11.0 Å². The highest BCUT2D eigenvalue weighted by Crippen LogP contribution is 2.37. The third-order valence-corrected chi connectivity index (χ3v) is 6.22. The summed E-state index contributed by atoms with van der Waals surface area (Å²) in [6.45, 7) is 1.35. The van der Waals surface area contributed by atoms with Gasteiger partial charge in [0, 0.05) is 17.0 Å². The van der Waals surface area contributed by atoms with Crippen LogP contribution in [0.15, 0.2) is 28.7 Å². The molecule has 1 fully saturated rings. The van der Waals surface area contributed by atoms with Crippen molar-refractivity contribution in [2.75, 3.05) is 13.7 Å². The molecule has 0 aliphatic heterocycles. The molecule has 37 heavy (non-hydrogen) atoms. The number of fused-ring (bicyclic) bond motifs is 1. The summed E-state index contributed by atoms with van der Waals surface area (Å²) in [7, 11) is 1.32. The number of amides is 2. The number of hydrogen-bond donors (Lipinski definition) is 3. The standard InChI is InChI=1S/C25H28F3N5O4/c1-13(29)22-21(23(35)30-12-19(34)31-14-6-4-3-5-7-14)33-24(37-22)16-8-10-17(36-2)20-15(16)9-11-18(32-20)25(26,27)28/h8-11,13-14H,3-7,12,29H2,1-2H3,(H,30,35)(H,31,34)/t13-/m0/s1. The monoisotopic (exact) mass is 519 g/mol. The van der Waals surface area contributed by atoms with E-state index in [1.165, 1.54) is 19.2 Å². The predicted molar refractivity (Wildman–Crippen MR) is 129 cm³/mol. The van der Waals surface area contributed by atoms with E-state index >= 15 is 0 Å². The maximum atomic E-state index is 13.2. The van der Waals surface area contributed by atoms with Gasteiger partial charge in [0.05, 0.1) is 19.7 Å². The van der Waals surface area contributed by atoms with Crippen molar-refractivity contribution in [3.05, 3.63) is 41.4 Å². The highest BCUT2D eigenvalue weighted by Gasteiger charge is 2.33. The van der Waals surface area contributed by atoms with E-state index in [2.05, 4.69) is 20.6 Å². The van der Waals surface area contributed by atoms with Gasteiger partial charge in [-0.2, -0.15) is 13.2 Å². The fourth-order valence-corrected chi connectivity index (χ4v) is 4.39. The third kappa shape index (κ3) is 5.85. The lowest BCUT2D eigenvalue weighted by Gasteiger charge is -2.22. The summed E-state index contributed by atoms with van der Waals surface area (Å²) < 4.78 is 50.7. The van der Waals surface area contributed by atoms with E-state index in [0.717, 1.165) is 38.2 Å². The summed E-state index contributed by atoms with van der Waals surface area (Å²) in [5, 5.41) is 5.74. The molecule has 2 amide bonds. The number of pyridine rings is 1. The van der Waals surface area contributed by atoms with Crippen molar-refractivity contribution in [3.8, 4) is 17.2 Å². The number of nitrogens with two attached hydrogens (primary N) is 1. The Bertz CT molecular complexity index is 1300. The van der Waals surface area contributed by atoms with Crippen molar-refractivity contribution in [1.29, 1.82) is 0 Å². The van der Waals surface area contributed by atoms with Crippen LogP contribution in [0.5, 0.6) is 5.75 Å². The number of carbonyl (C=O) groups is 2. The van der Waals surface area contributed by atoms with E-state index in [-0.39, 0.29) is 52.5 Å². The molecule has 0 unspecified atom stereocenters. The number of carbonyl (C=O) groups excluding carboxylic acids is 2. The molecule has 0 saturated heterocycles. The second-order valence-corrected chi connectivity index (χ2v) is 9.01. The van der Waals surface area contributed by atoms with E-state index < -0.39 is 23.8 Å². The van der Waals surface area contributed by atoms with Crippen LogP contribution in [0.4, 0.5) is 13.2 Å². The molecule has 9 nitrogen and oxygen atoms in total. The molecule has 2 aromatic heterocycles. The molecule has 2 heterocycles. The lowest BCUT2D eigenvalue weighted by molar-refractivity contribution is -0.141. The molecule has 1 aromatic carbocycles. The van der Waals surface area contributed by atoms with Gasteiger partial charge < -0.3 is 25.5 Å². The first-order chi connectivity index (χ1) is 17.6. The fraction of sp³-hybridized carbons (Fsp3) is 0.440. The van der Waals surface area contributed by atoms with Gasteiger partial charge >= 0.3 is 6.18 Å². The van der Waals surface area contributed by atoms with Gasteiger partial charge in [-0.25, -0.2) is 9.97 Å². The van der Waals surface area contributed by atoms with E-state index in [4.69, 9.17) is 14.9 Å². The molecule has 4 N–H and O–H groups in total. The summed E-state index contributed by atoms with van der Waals surface area (Å²) in [5.74, 6) is -0.788. The number of oxazole rings is 1. The van der Waals surface area contributed by atoms with Crippen molar-refractivity contribution in [3.63, 3.8) is 0 Å². The molecule has 0 bridgehead atoms. The quantitative estimate of drug-likeness (QED) is 0.428. The molecule has 4 rings (SSSR count). The number of rotatable bonds is 7. The number of hydrogen-bond acceptors (Lipinski definition) is 7. The Labute approximate surface area is 211 Å². The van der Waals surface area contributed by atoms with Crippen molar-refractivity contribution in [2.45, 2.75) is 57.3 Å². The smallest absolute Gasteiger partial charge is 0.433 e. The number of methoxy groups -OCH3 is 1. The average Bonchev–Trinajstić information content (AvgIpc) is 3.32. The van der Waals surface area contributed by atoms with Crippen LogP contribution in [0.25, 0.3) is 22.4 Å². The number of benzene rings is 1. The van der Waals surface area contributed by atoms with Crippen LogP contribution < -0.4 is 21.1 Å². The van der Waals surface area contributed by atoms with Gasteiger partial charge in [-0.05, 0) is 44.0 Å². The molecule has 1 aliphatic rings. The normalized spacial score (nSPS) is 15.4. The molecule has 0 radical (unpaired) electrons. The zero-order chi connectivity index (χ0) is 26.7. The molecule has 1 atom stereocenters. The predicted octanol–water partition coefficient (Wildman–Crippen LogP) is 4.12. The number of ether oxygens (including phenoxy) is 1. The summed E-state index contributed by atoms with van der Waals surface area (Å²) in [5.41, 5.74) is 5.07. The van der Waals surface area contributed by atoms with Crippen molar-refractivity contribution >= 4 is 22.7 Å². The number of alkyl halides is 3. The van der Waals surface area contributed by atoms with E-state index in [1.54, 1.807) is 13.0 Å². The van der Waals surface area contributed by atoms with Crippen molar-refractivity contribution in [2.24, 2.45) is 5.73 Å². The Balaban J connectivity index is 1.61. The van der Waals surface area contributed by atoms with Gasteiger partial charge in [-0.15, -0.1) is 0 Å². The second kappa shape index (κ2) is 10.8. The number of nitrogens with one attached hydrogen (secondary N) is 2. The Kier molecular flexibility index (Phi) is 7.67. The average molecular weight is 520 g/mol. The summed E-state index contributed by atoms with van der Waals surface area (Å²) in [6, 6.07) is 4.46. The number of aromatic nitrogens is 2. The van der Waals surface area contributed by atoms with Gasteiger partial charge in [0.2, 0.25) is 11.8 Å².